The van der Waals surface area contributed by atoms with Crippen LogP contribution in [0.3, 0.4) is 0 Å². The molecule has 0 spiro atoms. The van der Waals surface area contributed by atoms with Crippen LogP contribution in [0.2, 0.25) is 0 Å². The number of aromatic hydroxyl groups is 1. The van der Waals surface area contributed by atoms with Gasteiger partial charge >= 0.3 is 0 Å². The molecule has 0 radical (unpaired) electrons. The van der Waals surface area contributed by atoms with E-state index < -0.39 is 0 Å². The van der Waals surface area contributed by atoms with Crippen molar-refractivity contribution in [3.05, 3.63) is 54.1 Å². The molecule has 2 aromatic carbocycles. The second kappa shape index (κ2) is 14.8. The lowest BCUT2D eigenvalue weighted by molar-refractivity contribution is 0.333. The van der Waals surface area contributed by atoms with E-state index >= 15 is 0 Å². The fourth-order valence-electron chi connectivity index (χ4n) is 3.55. The summed E-state index contributed by atoms with van der Waals surface area (Å²) < 4.78 is 5.79. The third-order valence-electron chi connectivity index (χ3n) is 5.29. The largest absolute Gasteiger partial charge is 0.508 e. The van der Waals surface area contributed by atoms with Crippen molar-refractivity contribution in [3.8, 4) is 11.5 Å². The van der Waals surface area contributed by atoms with Gasteiger partial charge in [-0.1, -0.05) is 82.9 Å². The van der Waals surface area contributed by atoms with Crippen LogP contribution in [0.1, 0.15) is 76.7 Å². The van der Waals surface area contributed by atoms with Crippen LogP contribution < -0.4 is 10.1 Å². The molecule has 0 aliphatic heterocycles. The number of nitrogens with one attached hydrogen (secondary N) is 1. The minimum Gasteiger partial charge on any atom is -0.508 e. The molecular weight excluding hydrogens is 358 g/mol. The lowest BCUT2D eigenvalue weighted by Gasteiger charge is -2.09. The average Bonchev–Trinajstić information content (AvgIpc) is 2.73. The van der Waals surface area contributed by atoms with Gasteiger partial charge in [0.25, 0.3) is 0 Å². The quantitative estimate of drug-likeness (QED) is 0.291. The lowest BCUT2D eigenvalue weighted by Crippen LogP contribution is -2.11. The highest BCUT2D eigenvalue weighted by atomic mass is 16.5. The standard InChI is InChI=1S/C26H39NO2/c1-2-3-4-5-6-7-8-9-10-11-13-23-16-18-26(19-17-23)29-21-20-27-24-14-12-15-25(28)22-24/h12,14-19,22,27-28H,2-11,13,20-21H2,1H3. The predicted octanol–water partition coefficient (Wildman–Crippen LogP) is 7.35. The summed E-state index contributed by atoms with van der Waals surface area (Å²) in [4.78, 5) is 0. The van der Waals surface area contributed by atoms with Crippen LogP contribution in [0.25, 0.3) is 0 Å². The van der Waals surface area contributed by atoms with Gasteiger partial charge in [0.05, 0.1) is 0 Å². The SMILES string of the molecule is CCCCCCCCCCCCc1ccc(OCCNc2cccc(O)c2)cc1. The van der Waals surface area contributed by atoms with E-state index in [0.717, 1.165) is 17.9 Å². The highest BCUT2D eigenvalue weighted by Crippen LogP contribution is 2.17. The van der Waals surface area contributed by atoms with Gasteiger partial charge < -0.3 is 15.2 Å². The predicted molar refractivity (Wildman–Crippen MR) is 124 cm³/mol. The van der Waals surface area contributed by atoms with E-state index in [4.69, 9.17) is 4.74 Å². The van der Waals surface area contributed by atoms with E-state index in [1.807, 2.05) is 12.1 Å². The number of ether oxygens (including phenoxy) is 1. The van der Waals surface area contributed by atoms with E-state index in [9.17, 15) is 5.11 Å². The second-order valence-electron chi connectivity index (χ2n) is 7.90. The van der Waals surface area contributed by atoms with Gasteiger partial charge in [-0.15, -0.1) is 0 Å². The molecule has 3 nitrogen and oxygen atoms in total. The normalized spacial score (nSPS) is 10.8. The maximum atomic E-state index is 9.45. The minimum absolute atomic E-state index is 0.272. The van der Waals surface area contributed by atoms with Crippen molar-refractivity contribution >= 4 is 5.69 Å². The zero-order chi connectivity index (χ0) is 20.6. The van der Waals surface area contributed by atoms with Crippen LogP contribution in [0.15, 0.2) is 48.5 Å². The van der Waals surface area contributed by atoms with Crippen LogP contribution in [-0.2, 0) is 6.42 Å². The van der Waals surface area contributed by atoms with E-state index in [1.54, 1.807) is 12.1 Å². The van der Waals surface area contributed by atoms with Crippen LogP contribution >= 0.6 is 0 Å². The van der Waals surface area contributed by atoms with Gasteiger partial charge in [-0.25, -0.2) is 0 Å². The summed E-state index contributed by atoms with van der Waals surface area (Å²) in [5, 5.41) is 12.7. The van der Waals surface area contributed by atoms with Crippen LogP contribution in [0.4, 0.5) is 5.69 Å². The summed E-state index contributed by atoms with van der Waals surface area (Å²) in [6.45, 7) is 3.57. The molecule has 2 aromatic rings. The Morgan fingerprint density at radius 1 is 0.793 bits per heavy atom. The Labute approximate surface area is 177 Å². The summed E-state index contributed by atoms with van der Waals surface area (Å²) in [5.74, 6) is 1.18. The van der Waals surface area contributed by atoms with Gasteiger partial charge in [-0.05, 0) is 42.7 Å². The third-order valence-corrected chi connectivity index (χ3v) is 5.29. The molecule has 0 unspecified atom stereocenters. The molecule has 0 saturated carbocycles. The van der Waals surface area contributed by atoms with Crippen LogP contribution in [0, 0.1) is 0 Å². The Morgan fingerprint density at radius 3 is 2.10 bits per heavy atom. The number of phenolic OH excluding ortho intramolecular Hbond substituents is 1. The number of benzene rings is 2. The molecule has 2 N–H and O–H groups in total. The first-order valence-corrected chi connectivity index (χ1v) is 11.5. The molecule has 160 valence electrons. The van der Waals surface area contributed by atoms with Gasteiger partial charge in [0.15, 0.2) is 0 Å². The van der Waals surface area contributed by atoms with Crippen molar-refractivity contribution in [3.63, 3.8) is 0 Å². The molecule has 0 fully saturated rings. The maximum Gasteiger partial charge on any atom is 0.119 e. The van der Waals surface area contributed by atoms with Crippen molar-refractivity contribution < 1.29 is 9.84 Å². The highest BCUT2D eigenvalue weighted by Gasteiger charge is 1.98. The zero-order valence-corrected chi connectivity index (χ0v) is 18.2. The molecule has 2 rings (SSSR count). The molecule has 3 heteroatoms. The van der Waals surface area contributed by atoms with Gasteiger partial charge in [0, 0.05) is 18.3 Å². The molecule has 0 aromatic heterocycles. The third kappa shape index (κ3) is 10.8. The van der Waals surface area contributed by atoms with Gasteiger partial charge in [0.2, 0.25) is 0 Å². The van der Waals surface area contributed by atoms with Gasteiger partial charge in [-0.3, -0.25) is 0 Å². The van der Waals surface area contributed by atoms with Crippen molar-refractivity contribution in [2.45, 2.75) is 77.6 Å². The van der Waals surface area contributed by atoms with E-state index in [0.29, 0.717) is 13.2 Å². The molecule has 0 heterocycles. The number of phenols is 1. The summed E-state index contributed by atoms with van der Waals surface area (Å²) in [6, 6.07) is 15.6. The molecule has 0 aliphatic carbocycles. The number of anilines is 1. The van der Waals surface area contributed by atoms with Crippen molar-refractivity contribution in [1.29, 1.82) is 0 Å². The van der Waals surface area contributed by atoms with Crippen molar-refractivity contribution in [2.24, 2.45) is 0 Å². The summed E-state index contributed by atoms with van der Waals surface area (Å²) in [5.41, 5.74) is 2.30. The molecule has 0 aliphatic rings. The molecular formula is C26H39NO2. The zero-order valence-electron chi connectivity index (χ0n) is 18.2. The number of hydrogen-bond acceptors (Lipinski definition) is 3. The molecule has 0 amide bonds. The number of hydrogen-bond donors (Lipinski definition) is 2. The lowest BCUT2D eigenvalue weighted by atomic mass is 10.0. The van der Waals surface area contributed by atoms with Crippen molar-refractivity contribution in [2.75, 3.05) is 18.5 Å². The van der Waals surface area contributed by atoms with Gasteiger partial charge in [0.1, 0.15) is 18.1 Å². The first-order valence-electron chi connectivity index (χ1n) is 11.5. The summed E-state index contributed by atoms with van der Waals surface area (Å²) in [7, 11) is 0. The number of unbranched alkanes of at least 4 members (excludes halogenated alkanes) is 9. The Balaban J connectivity index is 1.49. The Bertz CT molecular complexity index is 654. The fraction of sp³-hybridized carbons (Fsp3) is 0.538. The highest BCUT2D eigenvalue weighted by molar-refractivity contribution is 5.47. The topological polar surface area (TPSA) is 41.5 Å². The second-order valence-corrected chi connectivity index (χ2v) is 7.90. The Kier molecular flexibility index (Phi) is 11.8. The van der Waals surface area contributed by atoms with E-state index in [1.165, 1.54) is 69.8 Å². The number of rotatable bonds is 16. The molecule has 29 heavy (non-hydrogen) atoms. The van der Waals surface area contributed by atoms with Crippen LogP contribution in [-0.4, -0.2) is 18.3 Å². The Hall–Kier alpha value is -2.16. The van der Waals surface area contributed by atoms with Crippen molar-refractivity contribution in [1.82, 2.24) is 0 Å². The average molecular weight is 398 g/mol. The maximum absolute atomic E-state index is 9.45. The first-order chi connectivity index (χ1) is 14.3. The summed E-state index contributed by atoms with van der Waals surface area (Å²) >= 11 is 0. The van der Waals surface area contributed by atoms with Gasteiger partial charge in [-0.2, -0.15) is 0 Å². The van der Waals surface area contributed by atoms with E-state index in [-0.39, 0.29) is 5.75 Å². The molecule has 0 bridgehead atoms. The smallest absolute Gasteiger partial charge is 0.119 e. The molecule has 0 atom stereocenters. The number of aryl methyl sites for hydroxylation is 1. The Morgan fingerprint density at radius 2 is 1.45 bits per heavy atom. The van der Waals surface area contributed by atoms with E-state index in [2.05, 4.69) is 36.5 Å². The monoisotopic (exact) mass is 397 g/mol. The summed E-state index contributed by atoms with van der Waals surface area (Å²) in [6.07, 6.45) is 15.0. The minimum atomic E-state index is 0.272. The first kappa shape index (κ1) is 23.1. The fourth-order valence-corrected chi connectivity index (χ4v) is 3.55. The van der Waals surface area contributed by atoms with Crippen LogP contribution in [0.5, 0.6) is 11.5 Å². The molecule has 0 saturated heterocycles.